The van der Waals surface area contributed by atoms with Crippen molar-refractivity contribution in [3.05, 3.63) is 60.2 Å². The van der Waals surface area contributed by atoms with Gasteiger partial charge in [0.05, 0.1) is 16.8 Å². The van der Waals surface area contributed by atoms with Crippen molar-refractivity contribution in [2.24, 2.45) is 0 Å². The van der Waals surface area contributed by atoms with Crippen LogP contribution >= 0.6 is 15.9 Å². The Morgan fingerprint density at radius 3 is 2.79 bits per heavy atom. The molecule has 0 aliphatic rings. The predicted molar refractivity (Wildman–Crippen MR) is 103 cm³/mol. The highest BCUT2D eigenvalue weighted by molar-refractivity contribution is 9.09. The summed E-state index contributed by atoms with van der Waals surface area (Å²) in [6.45, 7) is 0. The SMILES string of the molecule is Oc1[nH]c2ccccc2c1-c1ccc2cc(CCCBr)ccc2n1. The minimum atomic E-state index is 0.164. The number of alkyl halides is 1. The van der Waals surface area contributed by atoms with Gasteiger partial charge in [-0.3, -0.25) is 0 Å². The van der Waals surface area contributed by atoms with Crippen LogP contribution in [0.15, 0.2) is 54.6 Å². The highest BCUT2D eigenvalue weighted by Gasteiger charge is 2.14. The number of aromatic amines is 1. The predicted octanol–water partition coefficient (Wildman–Crippen LogP) is 5.42. The molecule has 2 aromatic carbocycles. The third kappa shape index (κ3) is 2.67. The lowest BCUT2D eigenvalue weighted by Gasteiger charge is -2.05. The average Bonchev–Trinajstić information content (AvgIpc) is 2.95. The minimum absolute atomic E-state index is 0.164. The number of hydrogen-bond acceptors (Lipinski definition) is 2. The molecule has 2 aromatic heterocycles. The number of aromatic hydroxyl groups is 1. The Hall–Kier alpha value is -2.33. The van der Waals surface area contributed by atoms with Crippen molar-refractivity contribution in [1.29, 1.82) is 0 Å². The van der Waals surface area contributed by atoms with Crippen LogP contribution in [-0.4, -0.2) is 20.4 Å². The van der Waals surface area contributed by atoms with Crippen LogP contribution in [0.3, 0.4) is 0 Å². The van der Waals surface area contributed by atoms with Crippen LogP contribution in [0.4, 0.5) is 0 Å². The standard InChI is InChI=1S/C20H17BrN2O/c21-11-3-4-13-7-9-16-14(12-13)8-10-18(22-16)19-15-5-1-2-6-17(15)23-20(19)24/h1-2,5-10,12,23-24H,3-4,11H2. The van der Waals surface area contributed by atoms with Gasteiger partial charge in [0.1, 0.15) is 0 Å². The molecule has 3 nitrogen and oxygen atoms in total. The Bertz CT molecular complexity index is 1020. The van der Waals surface area contributed by atoms with Crippen molar-refractivity contribution in [2.45, 2.75) is 12.8 Å². The van der Waals surface area contributed by atoms with Gasteiger partial charge < -0.3 is 10.1 Å². The van der Waals surface area contributed by atoms with Gasteiger partial charge in [-0.2, -0.15) is 0 Å². The first-order valence-electron chi connectivity index (χ1n) is 8.02. The van der Waals surface area contributed by atoms with E-state index < -0.39 is 0 Å². The molecule has 0 saturated heterocycles. The van der Waals surface area contributed by atoms with E-state index in [1.165, 1.54) is 5.56 Å². The van der Waals surface area contributed by atoms with Crippen molar-refractivity contribution in [2.75, 3.05) is 5.33 Å². The molecule has 4 heteroatoms. The largest absolute Gasteiger partial charge is 0.494 e. The second-order valence-electron chi connectivity index (χ2n) is 5.91. The van der Waals surface area contributed by atoms with E-state index in [-0.39, 0.29) is 5.88 Å². The molecule has 0 spiro atoms. The van der Waals surface area contributed by atoms with E-state index in [1.54, 1.807) is 0 Å². The van der Waals surface area contributed by atoms with Gasteiger partial charge in [-0.15, -0.1) is 0 Å². The molecule has 0 aliphatic heterocycles. The van der Waals surface area contributed by atoms with Crippen LogP contribution in [0.25, 0.3) is 33.1 Å². The molecular formula is C20H17BrN2O. The number of para-hydroxylation sites is 1. The second kappa shape index (κ2) is 6.29. The zero-order chi connectivity index (χ0) is 16.5. The zero-order valence-corrected chi connectivity index (χ0v) is 14.7. The van der Waals surface area contributed by atoms with E-state index in [9.17, 15) is 5.11 Å². The fourth-order valence-corrected chi connectivity index (χ4v) is 3.41. The van der Waals surface area contributed by atoms with E-state index in [4.69, 9.17) is 4.98 Å². The third-order valence-corrected chi connectivity index (χ3v) is 4.86. The summed E-state index contributed by atoms with van der Waals surface area (Å²) in [6.07, 6.45) is 2.19. The Labute approximate surface area is 148 Å². The van der Waals surface area contributed by atoms with Crippen LogP contribution < -0.4 is 0 Å². The normalized spacial score (nSPS) is 11.4. The monoisotopic (exact) mass is 380 g/mol. The van der Waals surface area contributed by atoms with Crippen LogP contribution in [-0.2, 0) is 6.42 Å². The maximum atomic E-state index is 10.3. The van der Waals surface area contributed by atoms with Crippen molar-refractivity contribution < 1.29 is 5.11 Å². The maximum absolute atomic E-state index is 10.3. The number of benzene rings is 2. The molecule has 0 aliphatic carbocycles. The summed E-state index contributed by atoms with van der Waals surface area (Å²) in [5, 5.41) is 13.4. The minimum Gasteiger partial charge on any atom is -0.494 e. The van der Waals surface area contributed by atoms with Crippen molar-refractivity contribution in [3.8, 4) is 17.1 Å². The Balaban J connectivity index is 1.81. The number of rotatable bonds is 4. The third-order valence-electron chi connectivity index (χ3n) is 4.30. The van der Waals surface area contributed by atoms with E-state index in [2.05, 4.69) is 45.2 Å². The highest BCUT2D eigenvalue weighted by Crippen LogP contribution is 2.36. The number of hydrogen-bond donors (Lipinski definition) is 2. The number of aromatic nitrogens is 2. The van der Waals surface area contributed by atoms with Crippen molar-refractivity contribution in [1.82, 2.24) is 9.97 Å². The van der Waals surface area contributed by atoms with Gasteiger partial charge in [-0.25, -0.2) is 4.98 Å². The Morgan fingerprint density at radius 1 is 1.04 bits per heavy atom. The molecule has 2 heterocycles. The molecule has 4 rings (SSSR count). The van der Waals surface area contributed by atoms with Gasteiger partial charge in [-0.1, -0.05) is 46.3 Å². The summed E-state index contributed by atoms with van der Waals surface area (Å²) in [7, 11) is 0. The lowest BCUT2D eigenvalue weighted by atomic mass is 10.0. The van der Waals surface area contributed by atoms with Gasteiger partial charge in [-0.05, 0) is 42.7 Å². The molecule has 4 aromatic rings. The molecule has 0 amide bonds. The lowest BCUT2D eigenvalue weighted by molar-refractivity contribution is 0.460. The summed E-state index contributed by atoms with van der Waals surface area (Å²) >= 11 is 3.48. The molecule has 2 N–H and O–H groups in total. The van der Waals surface area contributed by atoms with E-state index in [0.717, 1.165) is 51.2 Å². The summed E-state index contributed by atoms with van der Waals surface area (Å²) in [6, 6.07) is 18.3. The van der Waals surface area contributed by atoms with E-state index in [0.29, 0.717) is 0 Å². The molecule has 0 unspecified atom stereocenters. The number of halogens is 1. The number of nitrogens with zero attached hydrogens (tertiary/aromatic N) is 1. The first-order chi connectivity index (χ1) is 11.8. The maximum Gasteiger partial charge on any atom is 0.199 e. The fraction of sp³-hybridized carbons (Fsp3) is 0.150. The topological polar surface area (TPSA) is 48.9 Å². The van der Waals surface area contributed by atoms with Crippen LogP contribution in [0, 0.1) is 0 Å². The summed E-state index contributed by atoms with van der Waals surface area (Å²) in [5.41, 5.74) is 4.73. The van der Waals surface area contributed by atoms with Gasteiger partial charge in [0.2, 0.25) is 0 Å². The van der Waals surface area contributed by atoms with Crippen LogP contribution in [0.2, 0.25) is 0 Å². The zero-order valence-electron chi connectivity index (χ0n) is 13.1. The van der Waals surface area contributed by atoms with Gasteiger partial charge >= 0.3 is 0 Å². The first-order valence-corrected chi connectivity index (χ1v) is 9.14. The quantitative estimate of drug-likeness (QED) is 0.464. The van der Waals surface area contributed by atoms with Gasteiger partial charge in [0.15, 0.2) is 5.88 Å². The Kier molecular flexibility index (Phi) is 3.98. The molecular weight excluding hydrogens is 364 g/mol. The lowest BCUT2D eigenvalue weighted by Crippen LogP contribution is -1.89. The first kappa shape index (κ1) is 15.2. The average molecular weight is 381 g/mol. The number of pyridine rings is 1. The molecule has 24 heavy (non-hydrogen) atoms. The summed E-state index contributed by atoms with van der Waals surface area (Å²) < 4.78 is 0. The molecule has 0 radical (unpaired) electrons. The molecule has 0 fully saturated rings. The second-order valence-corrected chi connectivity index (χ2v) is 6.70. The summed E-state index contributed by atoms with van der Waals surface area (Å²) in [4.78, 5) is 7.78. The molecule has 0 saturated carbocycles. The van der Waals surface area contributed by atoms with Crippen LogP contribution in [0.5, 0.6) is 5.88 Å². The molecule has 0 atom stereocenters. The molecule has 120 valence electrons. The number of nitrogens with one attached hydrogen (secondary N) is 1. The Morgan fingerprint density at radius 2 is 1.92 bits per heavy atom. The smallest absolute Gasteiger partial charge is 0.199 e. The number of aryl methyl sites for hydroxylation is 1. The number of fused-ring (bicyclic) bond motifs is 2. The highest BCUT2D eigenvalue weighted by atomic mass is 79.9. The van der Waals surface area contributed by atoms with Crippen molar-refractivity contribution >= 4 is 37.7 Å². The van der Waals surface area contributed by atoms with Gasteiger partial charge in [0.25, 0.3) is 0 Å². The van der Waals surface area contributed by atoms with Crippen molar-refractivity contribution in [3.63, 3.8) is 0 Å². The van der Waals surface area contributed by atoms with E-state index in [1.807, 2.05) is 30.3 Å². The molecule has 0 bridgehead atoms. The van der Waals surface area contributed by atoms with E-state index >= 15 is 0 Å². The fourth-order valence-electron chi connectivity index (χ4n) is 3.13. The summed E-state index contributed by atoms with van der Waals surface area (Å²) in [5.74, 6) is 0.164. The van der Waals surface area contributed by atoms with Gasteiger partial charge in [0, 0.05) is 21.6 Å². The number of H-pyrrole nitrogens is 1. The van der Waals surface area contributed by atoms with Crippen LogP contribution in [0.1, 0.15) is 12.0 Å².